The molecule has 182 valence electrons. The van der Waals surface area contributed by atoms with E-state index in [0.717, 1.165) is 68.2 Å². The van der Waals surface area contributed by atoms with E-state index in [0.29, 0.717) is 5.92 Å². The van der Waals surface area contributed by atoms with Gasteiger partial charge in [-0.1, -0.05) is 23.7 Å². The lowest BCUT2D eigenvalue weighted by Gasteiger charge is -2.33. The molecule has 4 heterocycles. The van der Waals surface area contributed by atoms with Gasteiger partial charge in [-0.2, -0.15) is 5.10 Å². The summed E-state index contributed by atoms with van der Waals surface area (Å²) in [5.41, 5.74) is 5.90. The molecule has 0 amide bonds. The number of aryl methyl sites for hydroxylation is 1. The highest BCUT2D eigenvalue weighted by atomic mass is 35.5. The molecule has 1 aromatic carbocycles. The number of rotatable bonds is 8. The summed E-state index contributed by atoms with van der Waals surface area (Å²) in [5.74, 6) is 1.25. The molecule has 2 fully saturated rings. The van der Waals surface area contributed by atoms with E-state index in [1.54, 1.807) is 0 Å². The summed E-state index contributed by atoms with van der Waals surface area (Å²) >= 11 is 6.07. The maximum absolute atomic E-state index is 6.07. The quantitative estimate of drug-likeness (QED) is 0.460. The van der Waals surface area contributed by atoms with Crippen LogP contribution in [-0.4, -0.2) is 52.3 Å². The van der Waals surface area contributed by atoms with E-state index in [1.165, 1.54) is 48.9 Å². The summed E-state index contributed by atoms with van der Waals surface area (Å²) in [6.07, 6.45) is 7.95. The first-order chi connectivity index (χ1) is 16.7. The molecule has 3 aromatic rings. The van der Waals surface area contributed by atoms with Crippen LogP contribution in [0.1, 0.15) is 60.5 Å². The first-order valence-electron chi connectivity index (χ1n) is 12.8. The Morgan fingerprint density at radius 3 is 2.76 bits per heavy atom. The van der Waals surface area contributed by atoms with Crippen molar-refractivity contribution in [3.8, 4) is 0 Å². The molecule has 7 heteroatoms. The number of hydrogen-bond donors (Lipinski definition) is 1. The minimum atomic E-state index is 0.458. The van der Waals surface area contributed by atoms with E-state index in [2.05, 4.69) is 39.9 Å². The van der Waals surface area contributed by atoms with Crippen LogP contribution >= 0.6 is 11.6 Å². The van der Waals surface area contributed by atoms with Crippen molar-refractivity contribution in [2.24, 2.45) is 5.92 Å². The van der Waals surface area contributed by atoms with Crippen LogP contribution in [0.15, 0.2) is 36.5 Å². The van der Waals surface area contributed by atoms with Crippen molar-refractivity contribution in [3.05, 3.63) is 64.1 Å². The fourth-order valence-electron chi connectivity index (χ4n) is 5.47. The van der Waals surface area contributed by atoms with Gasteiger partial charge in [-0.25, -0.2) is 9.50 Å². The maximum atomic E-state index is 6.07. The third-order valence-corrected chi connectivity index (χ3v) is 7.71. The Morgan fingerprint density at radius 1 is 1.12 bits per heavy atom. The lowest BCUT2D eigenvalue weighted by molar-refractivity contribution is 0.0639. The van der Waals surface area contributed by atoms with Crippen molar-refractivity contribution in [2.45, 2.75) is 58.0 Å². The largest absolute Gasteiger partial charge is 0.381 e. The minimum Gasteiger partial charge on any atom is -0.381 e. The normalized spacial score (nSPS) is 20.2. The molecule has 2 aliphatic rings. The van der Waals surface area contributed by atoms with E-state index in [4.69, 9.17) is 26.4 Å². The van der Waals surface area contributed by atoms with Crippen LogP contribution < -0.4 is 5.32 Å². The van der Waals surface area contributed by atoms with Crippen molar-refractivity contribution in [2.75, 3.05) is 32.8 Å². The Bertz CT molecular complexity index is 1080. The lowest BCUT2D eigenvalue weighted by atomic mass is 9.94. The summed E-state index contributed by atoms with van der Waals surface area (Å²) in [4.78, 5) is 7.29. The molecule has 0 radical (unpaired) electrons. The molecule has 0 spiro atoms. The third-order valence-electron chi connectivity index (χ3n) is 7.46. The fraction of sp³-hybridized carbons (Fsp3) is 0.556. The predicted molar refractivity (Wildman–Crippen MR) is 136 cm³/mol. The second kappa shape index (κ2) is 11.2. The van der Waals surface area contributed by atoms with Gasteiger partial charge >= 0.3 is 0 Å². The van der Waals surface area contributed by atoms with Crippen molar-refractivity contribution in [3.63, 3.8) is 0 Å². The zero-order chi connectivity index (χ0) is 23.3. The number of likely N-dealkylation sites (tertiary alicyclic amines) is 1. The second-order valence-electron chi connectivity index (χ2n) is 9.89. The maximum Gasteiger partial charge on any atom is 0.159 e. The first kappa shape index (κ1) is 23.7. The summed E-state index contributed by atoms with van der Waals surface area (Å²) in [6, 6.07) is 10.4. The molecule has 0 saturated carbocycles. The first-order valence-corrected chi connectivity index (χ1v) is 13.1. The van der Waals surface area contributed by atoms with Gasteiger partial charge in [-0.3, -0.25) is 4.90 Å². The van der Waals surface area contributed by atoms with Crippen LogP contribution in [0.4, 0.5) is 0 Å². The molecule has 1 N–H and O–H groups in total. The van der Waals surface area contributed by atoms with Crippen LogP contribution in [0.2, 0.25) is 5.02 Å². The van der Waals surface area contributed by atoms with Gasteiger partial charge in [-0.15, -0.1) is 0 Å². The van der Waals surface area contributed by atoms with Crippen molar-refractivity contribution >= 4 is 17.2 Å². The van der Waals surface area contributed by atoms with E-state index in [9.17, 15) is 0 Å². The highest BCUT2D eigenvalue weighted by Crippen LogP contribution is 2.29. The number of hydrogen-bond acceptors (Lipinski definition) is 5. The summed E-state index contributed by atoms with van der Waals surface area (Å²) < 4.78 is 7.60. The number of halogens is 1. The Balaban J connectivity index is 1.25. The molecule has 2 aliphatic heterocycles. The molecule has 1 unspecified atom stereocenters. The van der Waals surface area contributed by atoms with Crippen LogP contribution in [-0.2, 0) is 17.8 Å². The summed E-state index contributed by atoms with van der Waals surface area (Å²) in [7, 11) is 0. The lowest BCUT2D eigenvalue weighted by Crippen LogP contribution is -2.34. The Labute approximate surface area is 207 Å². The van der Waals surface area contributed by atoms with Crippen molar-refractivity contribution in [1.82, 2.24) is 24.8 Å². The second-order valence-corrected chi connectivity index (χ2v) is 10.3. The number of ether oxygens (including phenoxy) is 1. The average Bonchev–Trinajstić information content (AvgIpc) is 3.19. The van der Waals surface area contributed by atoms with Gasteiger partial charge in [-0.05, 0) is 81.8 Å². The number of benzene rings is 1. The summed E-state index contributed by atoms with van der Waals surface area (Å²) in [6.45, 7) is 8.94. The van der Waals surface area contributed by atoms with Crippen molar-refractivity contribution in [1.29, 1.82) is 0 Å². The van der Waals surface area contributed by atoms with E-state index < -0.39 is 0 Å². The monoisotopic (exact) mass is 481 g/mol. The SMILES string of the molecule is Cc1nn2c(C3CCCN(Cc4ccc(Cl)cc4)C3)ccnc2c1CNCCC1CCOCC1. The predicted octanol–water partition coefficient (Wildman–Crippen LogP) is 4.98. The third kappa shape index (κ3) is 5.62. The number of aromatic nitrogens is 3. The van der Waals surface area contributed by atoms with Gasteiger partial charge in [0.25, 0.3) is 0 Å². The number of nitrogens with zero attached hydrogens (tertiary/aromatic N) is 4. The number of fused-ring (bicyclic) bond motifs is 1. The average molecular weight is 482 g/mol. The molecule has 6 nitrogen and oxygen atoms in total. The molecule has 2 aromatic heterocycles. The van der Waals surface area contributed by atoms with Crippen LogP contribution in [0.3, 0.4) is 0 Å². The van der Waals surface area contributed by atoms with Gasteiger partial charge in [0.15, 0.2) is 5.65 Å². The Morgan fingerprint density at radius 2 is 1.94 bits per heavy atom. The van der Waals surface area contributed by atoms with Crippen LogP contribution in [0.5, 0.6) is 0 Å². The van der Waals surface area contributed by atoms with Gasteiger partial charge in [0.2, 0.25) is 0 Å². The zero-order valence-corrected chi connectivity index (χ0v) is 20.9. The number of nitrogens with one attached hydrogen (secondary N) is 1. The Kier molecular flexibility index (Phi) is 7.80. The minimum absolute atomic E-state index is 0.458. The summed E-state index contributed by atoms with van der Waals surface area (Å²) in [5, 5.41) is 9.39. The molecule has 5 rings (SSSR count). The van der Waals surface area contributed by atoms with E-state index in [-0.39, 0.29) is 0 Å². The highest BCUT2D eigenvalue weighted by molar-refractivity contribution is 6.30. The topological polar surface area (TPSA) is 54.7 Å². The van der Waals surface area contributed by atoms with Crippen molar-refractivity contribution < 1.29 is 4.74 Å². The van der Waals surface area contributed by atoms with E-state index in [1.807, 2.05) is 18.3 Å². The van der Waals surface area contributed by atoms with Gasteiger partial charge < -0.3 is 10.1 Å². The van der Waals surface area contributed by atoms with Gasteiger partial charge in [0, 0.05) is 55.5 Å². The molecular weight excluding hydrogens is 446 g/mol. The molecule has 34 heavy (non-hydrogen) atoms. The Hall–Kier alpha value is -1.99. The number of piperidine rings is 1. The van der Waals surface area contributed by atoms with Gasteiger partial charge in [0.05, 0.1) is 11.4 Å². The standard InChI is InChI=1S/C27H36ClN5O/c1-20-25(17-29-12-8-21-10-15-34-16-11-21)27-30-13-9-26(33(27)31-20)23-3-2-14-32(19-23)18-22-4-6-24(28)7-5-22/h4-7,9,13,21,23,29H,2-3,8,10-12,14-19H2,1H3. The molecule has 0 bridgehead atoms. The molecule has 1 atom stereocenters. The fourth-order valence-corrected chi connectivity index (χ4v) is 5.60. The molecular formula is C27H36ClN5O. The molecule has 2 saturated heterocycles. The highest BCUT2D eigenvalue weighted by Gasteiger charge is 2.25. The van der Waals surface area contributed by atoms with Gasteiger partial charge in [0.1, 0.15) is 0 Å². The zero-order valence-electron chi connectivity index (χ0n) is 20.2. The van der Waals surface area contributed by atoms with Crippen LogP contribution in [0.25, 0.3) is 5.65 Å². The van der Waals surface area contributed by atoms with Crippen LogP contribution in [0, 0.1) is 12.8 Å². The van der Waals surface area contributed by atoms with E-state index >= 15 is 0 Å². The smallest absolute Gasteiger partial charge is 0.159 e. The molecule has 0 aliphatic carbocycles.